The Morgan fingerprint density at radius 2 is 1.71 bits per heavy atom. The number of hydrogen-bond acceptors (Lipinski definition) is 5. The molecule has 0 heterocycles. The molecule has 126 valence electrons. The van der Waals surface area contributed by atoms with Gasteiger partial charge in [0.1, 0.15) is 0 Å². The molecular formula is C18H21N3O3. The van der Waals surface area contributed by atoms with Crippen molar-refractivity contribution in [1.82, 2.24) is 4.90 Å². The molecule has 1 aromatic carbocycles. The summed E-state index contributed by atoms with van der Waals surface area (Å²) < 4.78 is 5.16. The molecule has 0 saturated carbocycles. The number of carbonyl (C=O) groups is 2. The van der Waals surface area contributed by atoms with Crippen molar-refractivity contribution < 1.29 is 14.3 Å². The number of amides is 1. The molecule has 6 nitrogen and oxygen atoms in total. The number of nitriles is 2. The van der Waals surface area contributed by atoms with Crippen molar-refractivity contribution in [3.05, 3.63) is 35.9 Å². The van der Waals surface area contributed by atoms with Gasteiger partial charge in [-0.15, -0.1) is 0 Å². The highest BCUT2D eigenvalue weighted by atomic mass is 16.5. The maximum Gasteiger partial charge on any atom is 0.313 e. The van der Waals surface area contributed by atoms with Gasteiger partial charge in [0.25, 0.3) is 5.91 Å². The molecule has 1 rings (SSSR count). The highest BCUT2D eigenvalue weighted by Gasteiger charge is 2.22. The zero-order valence-electron chi connectivity index (χ0n) is 13.8. The molecule has 24 heavy (non-hydrogen) atoms. The maximum absolute atomic E-state index is 12.2. The lowest BCUT2D eigenvalue weighted by molar-refractivity contribution is -0.153. The van der Waals surface area contributed by atoms with Crippen LogP contribution in [0.25, 0.3) is 0 Å². The quantitative estimate of drug-likeness (QED) is 0.649. The van der Waals surface area contributed by atoms with Crippen LogP contribution in [0.3, 0.4) is 0 Å². The number of esters is 1. The fourth-order valence-corrected chi connectivity index (χ4v) is 2.28. The fraction of sp³-hybridized carbons (Fsp3) is 0.444. The summed E-state index contributed by atoms with van der Waals surface area (Å²) in [5, 5.41) is 17.3. The Kier molecular flexibility index (Phi) is 8.63. The minimum absolute atomic E-state index is 0.173. The zero-order valence-corrected chi connectivity index (χ0v) is 13.8. The summed E-state index contributed by atoms with van der Waals surface area (Å²) in [6.07, 6.45) is 0.920. The van der Waals surface area contributed by atoms with Crippen molar-refractivity contribution in [2.45, 2.75) is 32.1 Å². The summed E-state index contributed by atoms with van der Waals surface area (Å²) in [6, 6.07) is 13.2. The second-order valence-corrected chi connectivity index (χ2v) is 5.18. The van der Waals surface area contributed by atoms with Gasteiger partial charge in [0.2, 0.25) is 0 Å². The first-order valence-corrected chi connectivity index (χ1v) is 7.87. The van der Waals surface area contributed by atoms with E-state index in [2.05, 4.69) is 0 Å². The van der Waals surface area contributed by atoms with Gasteiger partial charge in [0, 0.05) is 13.1 Å². The smallest absolute Gasteiger partial charge is 0.313 e. The Balaban J connectivity index is 2.61. The predicted octanol–water partition coefficient (Wildman–Crippen LogP) is 2.38. The topological polar surface area (TPSA) is 94.2 Å². The molecule has 0 spiro atoms. The number of rotatable bonds is 9. The van der Waals surface area contributed by atoms with E-state index >= 15 is 0 Å². The van der Waals surface area contributed by atoms with Crippen molar-refractivity contribution in [3.63, 3.8) is 0 Å². The van der Waals surface area contributed by atoms with Crippen LogP contribution >= 0.6 is 0 Å². The third kappa shape index (κ3) is 6.10. The lowest BCUT2D eigenvalue weighted by Gasteiger charge is -2.21. The van der Waals surface area contributed by atoms with Gasteiger partial charge in [-0.3, -0.25) is 9.59 Å². The molecule has 0 aliphatic heterocycles. The summed E-state index contributed by atoms with van der Waals surface area (Å²) in [5.74, 6) is -1.25. The summed E-state index contributed by atoms with van der Waals surface area (Å²) in [4.78, 5) is 25.7. The van der Waals surface area contributed by atoms with Crippen LogP contribution in [0.15, 0.2) is 30.3 Å². The summed E-state index contributed by atoms with van der Waals surface area (Å²) in [6.45, 7) is 1.96. The van der Waals surface area contributed by atoms with Crippen molar-refractivity contribution in [2.75, 3.05) is 19.7 Å². The monoisotopic (exact) mass is 327 g/mol. The Morgan fingerprint density at radius 1 is 1.12 bits per heavy atom. The molecule has 0 unspecified atom stereocenters. The second-order valence-electron chi connectivity index (χ2n) is 5.18. The fourth-order valence-electron chi connectivity index (χ4n) is 2.28. The zero-order chi connectivity index (χ0) is 17.8. The average Bonchev–Trinajstić information content (AvgIpc) is 2.61. The molecule has 0 N–H and O–H groups in total. The largest absolute Gasteiger partial charge is 0.455 e. The van der Waals surface area contributed by atoms with E-state index in [1.807, 2.05) is 49.4 Å². The van der Waals surface area contributed by atoms with Crippen molar-refractivity contribution in [2.24, 2.45) is 0 Å². The van der Waals surface area contributed by atoms with Crippen LogP contribution in [0.2, 0.25) is 0 Å². The van der Waals surface area contributed by atoms with Crippen LogP contribution < -0.4 is 0 Å². The number of ether oxygens (including phenoxy) is 1. The molecule has 0 aromatic heterocycles. The Labute approximate surface area is 142 Å². The first kappa shape index (κ1) is 19.2. The van der Waals surface area contributed by atoms with Crippen LogP contribution in [-0.2, 0) is 14.3 Å². The van der Waals surface area contributed by atoms with Crippen molar-refractivity contribution in [1.29, 1.82) is 10.5 Å². The molecule has 0 radical (unpaired) electrons. The van der Waals surface area contributed by atoms with Gasteiger partial charge in [-0.05, 0) is 12.0 Å². The van der Waals surface area contributed by atoms with Crippen LogP contribution in [0, 0.1) is 22.7 Å². The van der Waals surface area contributed by atoms with Crippen LogP contribution in [0.5, 0.6) is 0 Å². The van der Waals surface area contributed by atoms with E-state index in [9.17, 15) is 9.59 Å². The van der Waals surface area contributed by atoms with E-state index in [0.717, 1.165) is 5.56 Å². The molecule has 0 bridgehead atoms. The lowest BCUT2D eigenvalue weighted by atomic mass is 9.97. The predicted molar refractivity (Wildman–Crippen MR) is 87.5 cm³/mol. The normalized spacial score (nSPS) is 11.0. The molecule has 6 heteroatoms. The first-order chi connectivity index (χ1) is 11.6. The Morgan fingerprint density at radius 3 is 2.21 bits per heavy atom. The molecule has 1 amide bonds. The second kappa shape index (κ2) is 10.8. The SMILES string of the molecule is CC[C@@H](C(=O)OCC(=O)N(CCC#N)CCC#N)c1ccccc1. The van der Waals surface area contributed by atoms with Gasteiger partial charge in [-0.25, -0.2) is 0 Å². The molecule has 0 fully saturated rings. The molecule has 1 atom stereocenters. The van der Waals surface area contributed by atoms with E-state index in [-0.39, 0.29) is 32.5 Å². The van der Waals surface area contributed by atoms with Gasteiger partial charge in [-0.1, -0.05) is 37.3 Å². The number of carbonyl (C=O) groups excluding carboxylic acids is 2. The average molecular weight is 327 g/mol. The molecular weight excluding hydrogens is 306 g/mol. The van der Waals surface area contributed by atoms with E-state index in [4.69, 9.17) is 15.3 Å². The van der Waals surface area contributed by atoms with Gasteiger partial charge in [0.15, 0.2) is 6.61 Å². The minimum Gasteiger partial charge on any atom is -0.455 e. The van der Waals surface area contributed by atoms with Crippen molar-refractivity contribution >= 4 is 11.9 Å². The molecule has 0 aliphatic carbocycles. The number of hydrogen-bond donors (Lipinski definition) is 0. The molecule has 1 aromatic rings. The summed E-state index contributed by atoms with van der Waals surface area (Å²) in [7, 11) is 0. The number of nitrogens with zero attached hydrogens (tertiary/aromatic N) is 3. The first-order valence-electron chi connectivity index (χ1n) is 7.87. The summed E-state index contributed by atoms with van der Waals surface area (Å²) in [5.41, 5.74) is 0.850. The van der Waals surface area contributed by atoms with E-state index < -0.39 is 17.8 Å². The summed E-state index contributed by atoms with van der Waals surface area (Å²) >= 11 is 0. The highest BCUT2D eigenvalue weighted by molar-refractivity contribution is 5.83. The molecule has 0 aliphatic rings. The van der Waals surface area contributed by atoms with E-state index in [0.29, 0.717) is 6.42 Å². The third-order valence-corrected chi connectivity index (χ3v) is 3.57. The number of benzene rings is 1. The van der Waals surface area contributed by atoms with Crippen LogP contribution in [0.1, 0.15) is 37.7 Å². The third-order valence-electron chi connectivity index (χ3n) is 3.57. The minimum atomic E-state index is -0.447. The highest BCUT2D eigenvalue weighted by Crippen LogP contribution is 2.20. The Hall–Kier alpha value is -2.86. The molecule has 0 saturated heterocycles. The van der Waals surface area contributed by atoms with Gasteiger partial charge >= 0.3 is 5.97 Å². The lowest BCUT2D eigenvalue weighted by Crippen LogP contribution is -2.36. The van der Waals surface area contributed by atoms with Gasteiger partial charge in [0.05, 0.1) is 30.9 Å². The van der Waals surface area contributed by atoms with Gasteiger partial charge in [-0.2, -0.15) is 10.5 Å². The van der Waals surface area contributed by atoms with E-state index in [1.165, 1.54) is 4.90 Å². The van der Waals surface area contributed by atoms with Crippen molar-refractivity contribution in [3.8, 4) is 12.1 Å². The standard InChI is InChI=1S/C18H21N3O3/c1-2-16(15-8-4-3-5-9-15)18(23)24-14-17(22)21(12-6-10-19)13-7-11-20/h3-5,8-9,16H,2,6-7,12-14H2,1H3/t16-/m1/s1. The van der Waals surface area contributed by atoms with Crippen LogP contribution in [0.4, 0.5) is 0 Å². The Bertz CT molecular complexity index is 599. The van der Waals surface area contributed by atoms with E-state index in [1.54, 1.807) is 0 Å². The maximum atomic E-state index is 12.2. The van der Waals surface area contributed by atoms with Crippen LogP contribution in [-0.4, -0.2) is 36.5 Å². The van der Waals surface area contributed by atoms with Gasteiger partial charge < -0.3 is 9.64 Å².